The second kappa shape index (κ2) is 4.79. The monoisotopic (exact) mass is 246 g/mol. The van der Waals surface area contributed by atoms with Crippen molar-refractivity contribution in [3.05, 3.63) is 40.9 Å². The molecule has 0 unspecified atom stereocenters. The van der Waals surface area contributed by atoms with E-state index >= 15 is 0 Å². The van der Waals surface area contributed by atoms with E-state index in [0.29, 0.717) is 11.4 Å². The third-order valence-corrected chi connectivity index (χ3v) is 2.38. The number of hydrogen-bond acceptors (Lipinski definition) is 5. The molecule has 0 aliphatic heterocycles. The summed E-state index contributed by atoms with van der Waals surface area (Å²) in [7, 11) is 3.83. The summed E-state index contributed by atoms with van der Waals surface area (Å²) in [5, 5.41) is 0. The number of nitrogens with two attached hydrogens (primary N) is 1. The van der Waals surface area contributed by atoms with Crippen LogP contribution in [0.15, 0.2) is 35.4 Å². The van der Waals surface area contributed by atoms with E-state index in [-0.39, 0.29) is 11.4 Å². The van der Waals surface area contributed by atoms with E-state index in [1.54, 1.807) is 12.1 Å². The van der Waals surface area contributed by atoms with E-state index in [4.69, 9.17) is 10.5 Å². The van der Waals surface area contributed by atoms with Crippen LogP contribution in [0.3, 0.4) is 0 Å². The molecule has 1 heterocycles. The number of benzene rings is 1. The van der Waals surface area contributed by atoms with Gasteiger partial charge in [0, 0.05) is 25.8 Å². The molecule has 0 bridgehead atoms. The maximum absolute atomic E-state index is 11.1. The van der Waals surface area contributed by atoms with Crippen molar-refractivity contribution in [1.29, 1.82) is 0 Å². The molecule has 94 valence electrons. The Balaban J connectivity index is 2.33. The van der Waals surface area contributed by atoms with Crippen molar-refractivity contribution in [2.24, 2.45) is 0 Å². The minimum atomic E-state index is -0.276. The summed E-state index contributed by atoms with van der Waals surface area (Å²) < 4.78 is 5.50. The van der Waals surface area contributed by atoms with Gasteiger partial charge in [-0.2, -0.15) is 0 Å². The number of rotatable bonds is 3. The number of aromatic amines is 1. The summed E-state index contributed by atoms with van der Waals surface area (Å²) in [6.07, 6.45) is 1.28. The number of nitrogens with one attached hydrogen (secondary N) is 1. The smallest absolute Gasteiger partial charge is 0.254 e. The molecule has 0 aliphatic carbocycles. The topological polar surface area (TPSA) is 84.2 Å². The fraction of sp³-hybridized carbons (Fsp3) is 0.167. The molecule has 0 amide bonds. The number of hydrogen-bond donors (Lipinski definition) is 2. The first-order valence-corrected chi connectivity index (χ1v) is 5.35. The van der Waals surface area contributed by atoms with Gasteiger partial charge in [0.2, 0.25) is 5.88 Å². The SMILES string of the molecule is CN(C)c1ccc(N)c(Oc2cc(=O)[nH]cn2)c1. The second-order valence-corrected chi connectivity index (χ2v) is 3.97. The van der Waals surface area contributed by atoms with E-state index < -0.39 is 0 Å². The largest absolute Gasteiger partial charge is 0.437 e. The third-order valence-electron chi connectivity index (χ3n) is 2.38. The first-order valence-electron chi connectivity index (χ1n) is 5.35. The van der Waals surface area contributed by atoms with Gasteiger partial charge < -0.3 is 20.4 Å². The van der Waals surface area contributed by atoms with Crippen LogP contribution in [0.25, 0.3) is 0 Å². The lowest BCUT2D eigenvalue weighted by atomic mass is 10.2. The summed E-state index contributed by atoms with van der Waals surface area (Å²) in [6, 6.07) is 6.69. The van der Waals surface area contributed by atoms with E-state index in [1.807, 2.05) is 25.1 Å². The van der Waals surface area contributed by atoms with Gasteiger partial charge in [0.25, 0.3) is 5.56 Å². The van der Waals surface area contributed by atoms with Crippen molar-refractivity contribution < 1.29 is 4.74 Å². The Hall–Kier alpha value is -2.50. The fourth-order valence-corrected chi connectivity index (χ4v) is 1.41. The highest BCUT2D eigenvalue weighted by atomic mass is 16.5. The molecule has 0 saturated carbocycles. The molecule has 0 atom stereocenters. The Morgan fingerprint density at radius 1 is 1.33 bits per heavy atom. The van der Waals surface area contributed by atoms with Crippen molar-refractivity contribution in [3.63, 3.8) is 0 Å². The number of nitrogens with zero attached hydrogens (tertiary/aromatic N) is 2. The van der Waals surface area contributed by atoms with Crippen LogP contribution in [0.1, 0.15) is 0 Å². The Morgan fingerprint density at radius 2 is 2.11 bits per heavy atom. The summed E-state index contributed by atoms with van der Waals surface area (Å²) in [5.74, 6) is 0.681. The van der Waals surface area contributed by atoms with Gasteiger partial charge in [-0.1, -0.05) is 0 Å². The molecule has 2 rings (SSSR count). The molecule has 6 nitrogen and oxygen atoms in total. The number of nitrogen functional groups attached to an aromatic ring is 1. The van der Waals surface area contributed by atoms with E-state index in [9.17, 15) is 4.79 Å². The van der Waals surface area contributed by atoms with Crippen LogP contribution < -0.4 is 20.9 Å². The number of aromatic nitrogens is 2. The summed E-state index contributed by atoms with van der Waals surface area (Å²) in [4.78, 5) is 19.4. The predicted molar refractivity (Wildman–Crippen MR) is 70.1 cm³/mol. The van der Waals surface area contributed by atoms with Gasteiger partial charge in [0.15, 0.2) is 5.75 Å². The molecule has 6 heteroatoms. The maximum Gasteiger partial charge on any atom is 0.254 e. The molecule has 0 spiro atoms. The lowest BCUT2D eigenvalue weighted by Crippen LogP contribution is -2.09. The summed E-state index contributed by atoms with van der Waals surface area (Å²) in [6.45, 7) is 0. The molecule has 0 fully saturated rings. The van der Waals surface area contributed by atoms with Gasteiger partial charge in [-0.15, -0.1) is 0 Å². The van der Waals surface area contributed by atoms with Crippen LogP contribution in [-0.2, 0) is 0 Å². The first-order chi connectivity index (χ1) is 8.56. The minimum Gasteiger partial charge on any atom is -0.437 e. The van der Waals surface area contributed by atoms with Crippen molar-refractivity contribution in [2.45, 2.75) is 0 Å². The third kappa shape index (κ3) is 2.60. The molecule has 1 aromatic heterocycles. The number of anilines is 2. The van der Waals surface area contributed by atoms with E-state index in [1.165, 1.54) is 12.4 Å². The van der Waals surface area contributed by atoms with Gasteiger partial charge in [-0.05, 0) is 12.1 Å². The molecular formula is C12H14N4O2. The second-order valence-electron chi connectivity index (χ2n) is 3.97. The molecule has 1 aromatic carbocycles. The zero-order valence-electron chi connectivity index (χ0n) is 10.2. The maximum atomic E-state index is 11.1. The lowest BCUT2D eigenvalue weighted by Gasteiger charge is -2.15. The predicted octanol–water partition coefficient (Wildman–Crippen LogP) is 1.21. The molecule has 3 N–H and O–H groups in total. The van der Waals surface area contributed by atoms with Gasteiger partial charge in [0.05, 0.1) is 18.1 Å². The van der Waals surface area contributed by atoms with Crippen LogP contribution in [-0.4, -0.2) is 24.1 Å². The Labute approximate surface area is 104 Å². The standard InChI is InChI=1S/C12H14N4O2/c1-16(2)8-3-4-9(13)10(5-8)18-12-6-11(17)14-7-15-12/h3-7H,13H2,1-2H3,(H,14,15,17). The average molecular weight is 246 g/mol. The Kier molecular flexibility index (Phi) is 3.18. The van der Waals surface area contributed by atoms with Gasteiger partial charge in [-0.25, -0.2) is 4.98 Å². The van der Waals surface area contributed by atoms with E-state index in [2.05, 4.69) is 9.97 Å². The fourth-order valence-electron chi connectivity index (χ4n) is 1.41. The normalized spacial score (nSPS) is 10.1. The highest BCUT2D eigenvalue weighted by Gasteiger charge is 2.06. The van der Waals surface area contributed by atoms with Crippen molar-refractivity contribution in [3.8, 4) is 11.6 Å². The molecular weight excluding hydrogens is 232 g/mol. The molecule has 18 heavy (non-hydrogen) atoms. The van der Waals surface area contributed by atoms with Gasteiger partial charge in [0.1, 0.15) is 0 Å². The van der Waals surface area contributed by atoms with Crippen LogP contribution in [0.4, 0.5) is 11.4 Å². The average Bonchev–Trinajstić information content (AvgIpc) is 2.31. The van der Waals surface area contributed by atoms with E-state index in [0.717, 1.165) is 5.69 Å². The number of H-pyrrole nitrogens is 1. The molecule has 0 radical (unpaired) electrons. The number of ether oxygens (including phenoxy) is 1. The molecule has 0 saturated heterocycles. The minimum absolute atomic E-state index is 0.210. The van der Waals surface area contributed by atoms with Crippen LogP contribution in [0, 0.1) is 0 Å². The first kappa shape index (κ1) is 12.0. The van der Waals surface area contributed by atoms with Gasteiger partial charge in [-0.3, -0.25) is 4.79 Å². The van der Waals surface area contributed by atoms with Crippen molar-refractivity contribution >= 4 is 11.4 Å². The molecule has 2 aromatic rings. The highest BCUT2D eigenvalue weighted by Crippen LogP contribution is 2.29. The summed E-state index contributed by atoms with van der Waals surface area (Å²) in [5.41, 5.74) is 6.98. The van der Waals surface area contributed by atoms with Crippen LogP contribution in [0.2, 0.25) is 0 Å². The highest BCUT2D eigenvalue weighted by molar-refractivity contribution is 5.62. The Morgan fingerprint density at radius 3 is 2.78 bits per heavy atom. The van der Waals surface area contributed by atoms with Gasteiger partial charge >= 0.3 is 0 Å². The Bertz CT molecular complexity index is 607. The quantitative estimate of drug-likeness (QED) is 0.795. The van der Waals surface area contributed by atoms with Crippen LogP contribution >= 0.6 is 0 Å². The summed E-state index contributed by atoms with van der Waals surface area (Å²) >= 11 is 0. The van der Waals surface area contributed by atoms with Crippen LogP contribution in [0.5, 0.6) is 11.6 Å². The zero-order chi connectivity index (χ0) is 13.1. The van der Waals surface area contributed by atoms with Crippen molar-refractivity contribution in [1.82, 2.24) is 9.97 Å². The lowest BCUT2D eigenvalue weighted by molar-refractivity contribution is 0.463. The zero-order valence-corrected chi connectivity index (χ0v) is 10.2. The molecule has 0 aliphatic rings. The van der Waals surface area contributed by atoms with Crippen molar-refractivity contribution in [2.75, 3.05) is 24.7 Å².